The Morgan fingerprint density at radius 2 is 2.53 bits per heavy atom. The zero-order valence-corrected chi connectivity index (χ0v) is 9.58. The molecule has 82 valence electrons. The summed E-state index contributed by atoms with van der Waals surface area (Å²) in [7, 11) is 0. The van der Waals surface area contributed by atoms with Gasteiger partial charge in [-0.15, -0.1) is 0 Å². The maximum absolute atomic E-state index is 11.7. The minimum absolute atomic E-state index is 0.101. The van der Waals surface area contributed by atoms with Gasteiger partial charge in [-0.2, -0.15) is 17.7 Å². The molecule has 4 nitrogen and oxygen atoms in total. The van der Waals surface area contributed by atoms with Crippen molar-refractivity contribution >= 4 is 18.5 Å². The first-order chi connectivity index (χ1) is 7.16. The summed E-state index contributed by atoms with van der Waals surface area (Å²) in [6, 6.07) is 1.74. The highest BCUT2D eigenvalue weighted by atomic mass is 32.1. The van der Waals surface area contributed by atoms with Crippen molar-refractivity contribution in [3.8, 4) is 0 Å². The molecule has 1 heterocycles. The number of rotatable bonds is 4. The highest BCUT2D eigenvalue weighted by Crippen LogP contribution is 2.30. The van der Waals surface area contributed by atoms with Gasteiger partial charge in [0.1, 0.15) is 5.69 Å². The van der Waals surface area contributed by atoms with Gasteiger partial charge in [0.2, 0.25) is 0 Å². The molecular formula is C10H15N3OS. The fourth-order valence-electron chi connectivity index (χ4n) is 1.48. The van der Waals surface area contributed by atoms with Gasteiger partial charge in [-0.05, 0) is 31.7 Å². The minimum Gasteiger partial charge on any atom is -0.339 e. The van der Waals surface area contributed by atoms with Crippen LogP contribution in [0.3, 0.4) is 0 Å². The number of amides is 1. The average Bonchev–Trinajstić information content (AvgIpc) is 2.80. The van der Waals surface area contributed by atoms with Crippen LogP contribution in [-0.2, 0) is 6.54 Å². The Morgan fingerprint density at radius 1 is 1.80 bits per heavy atom. The molecule has 1 aliphatic carbocycles. The van der Waals surface area contributed by atoms with Gasteiger partial charge in [-0.3, -0.25) is 9.48 Å². The average molecular weight is 225 g/mol. The molecule has 1 aromatic heterocycles. The van der Waals surface area contributed by atoms with Gasteiger partial charge in [0.25, 0.3) is 5.91 Å². The van der Waals surface area contributed by atoms with E-state index in [1.54, 1.807) is 16.9 Å². The third kappa shape index (κ3) is 2.75. The van der Waals surface area contributed by atoms with Crippen molar-refractivity contribution in [3.05, 3.63) is 18.0 Å². The predicted molar refractivity (Wildman–Crippen MR) is 60.9 cm³/mol. The Bertz CT molecular complexity index is 357. The molecule has 1 fully saturated rings. The molecule has 5 heteroatoms. The smallest absolute Gasteiger partial charge is 0.270 e. The molecule has 15 heavy (non-hydrogen) atoms. The highest BCUT2D eigenvalue weighted by molar-refractivity contribution is 7.80. The fraction of sp³-hybridized carbons (Fsp3) is 0.600. The molecule has 0 aliphatic heterocycles. The standard InChI is InChI=1S/C10H15N3OS/c1-7(15)12-10(14)9-4-5-11-13(9)6-8-2-3-8/h4-5,7-8,15H,2-3,6H2,1H3,(H,12,14). The largest absolute Gasteiger partial charge is 0.339 e. The first-order valence-electron chi connectivity index (χ1n) is 5.17. The molecule has 0 radical (unpaired) electrons. The van der Waals surface area contributed by atoms with Gasteiger partial charge >= 0.3 is 0 Å². The monoisotopic (exact) mass is 225 g/mol. The summed E-state index contributed by atoms with van der Waals surface area (Å²) in [5.41, 5.74) is 0.628. The van der Waals surface area contributed by atoms with E-state index in [9.17, 15) is 4.79 Å². The van der Waals surface area contributed by atoms with Crippen LogP contribution in [0, 0.1) is 5.92 Å². The fourth-order valence-corrected chi connectivity index (χ4v) is 1.60. The number of nitrogens with one attached hydrogen (secondary N) is 1. The Kier molecular flexibility index (Phi) is 3.00. The molecule has 1 N–H and O–H groups in total. The summed E-state index contributed by atoms with van der Waals surface area (Å²) in [5, 5.41) is 6.76. The van der Waals surface area contributed by atoms with Gasteiger partial charge in [-0.1, -0.05) is 0 Å². The van der Waals surface area contributed by atoms with E-state index in [2.05, 4.69) is 23.0 Å². The van der Waals surface area contributed by atoms with Crippen LogP contribution in [0.4, 0.5) is 0 Å². The van der Waals surface area contributed by atoms with Gasteiger partial charge in [0.05, 0.1) is 5.37 Å². The van der Waals surface area contributed by atoms with Gasteiger partial charge in [0, 0.05) is 12.7 Å². The zero-order valence-electron chi connectivity index (χ0n) is 8.68. The summed E-state index contributed by atoms with van der Waals surface area (Å²) >= 11 is 4.12. The summed E-state index contributed by atoms with van der Waals surface area (Å²) in [5.74, 6) is 0.612. The lowest BCUT2D eigenvalue weighted by Gasteiger charge is -2.09. The third-order valence-electron chi connectivity index (χ3n) is 2.42. The number of nitrogens with zero attached hydrogens (tertiary/aromatic N) is 2. The van der Waals surface area contributed by atoms with E-state index in [1.165, 1.54) is 12.8 Å². The number of hydrogen-bond donors (Lipinski definition) is 2. The normalized spacial score (nSPS) is 17.5. The van der Waals surface area contributed by atoms with E-state index in [-0.39, 0.29) is 11.3 Å². The number of carbonyl (C=O) groups excluding carboxylic acids is 1. The topological polar surface area (TPSA) is 46.9 Å². The van der Waals surface area contributed by atoms with Crippen LogP contribution in [0.5, 0.6) is 0 Å². The van der Waals surface area contributed by atoms with Crippen LogP contribution in [-0.4, -0.2) is 21.1 Å². The van der Waals surface area contributed by atoms with E-state index >= 15 is 0 Å². The molecule has 1 atom stereocenters. The molecule has 0 saturated heterocycles. The van der Waals surface area contributed by atoms with Crippen molar-refractivity contribution in [2.24, 2.45) is 5.92 Å². The van der Waals surface area contributed by atoms with Gasteiger partial charge in [-0.25, -0.2) is 0 Å². The summed E-state index contributed by atoms with van der Waals surface area (Å²) in [6.45, 7) is 2.68. The summed E-state index contributed by atoms with van der Waals surface area (Å²) in [6.07, 6.45) is 4.17. The zero-order chi connectivity index (χ0) is 10.8. The van der Waals surface area contributed by atoms with Crippen LogP contribution < -0.4 is 5.32 Å². The Hall–Kier alpha value is -0.970. The van der Waals surface area contributed by atoms with Crippen molar-refractivity contribution in [2.45, 2.75) is 31.7 Å². The van der Waals surface area contributed by atoms with Gasteiger partial charge < -0.3 is 5.32 Å². The maximum Gasteiger partial charge on any atom is 0.270 e. The van der Waals surface area contributed by atoms with E-state index in [0.717, 1.165) is 6.54 Å². The third-order valence-corrected chi connectivity index (χ3v) is 2.55. The molecule has 1 aliphatic rings. The van der Waals surface area contributed by atoms with Crippen molar-refractivity contribution in [1.29, 1.82) is 0 Å². The minimum atomic E-state index is -0.137. The second-order valence-electron chi connectivity index (χ2n) is 3.99. The van der Waals surface area contributed by atoms with E-state index in [4.69, 9.17) is 0 Å². The van der Waals surface area contributed by atoms with Crippen LogP contribution in [0.25, 0.3) is 0 Å². The predicted octanol–water partition coefficient (Wildman–Crippen LogP) is 1.30. The molecule has 1 amide bonds. The van der Waals surface area contributed by atoms with E-state index < -0.39 is 0 Å². The maximum atomic E-state index is 11.7. The second kappa shape index (κ2) is 4.26. The SMILES string of the molecule is CC(S)NC(=O)c1ccnn1CC1CC1. The lowest BCUT2D eigenvalue weighted by molar-refractivity contribution is 0.0941. The number of carbonyl (C=O) groups is 1. The molecule has 0 aromatic carbocycles. The molecule has 1 aromatic rings. The Balaban J connectivity index is 2.05. The molecule has 1 saturated carbocycles. The molecule has 0 bridgehead atoms. The summed E-state index contributed by atoms with van der Waals surface area (Å²) < 4.78 is 1.78. The molecule has 0 spiro atoms. The van der Waals surface area contributed by atoms with Crippen LogP contribution >= 0.6 is 12.6 Å². The van der Waals surface area contributed by atoms with Crippen molar-refractivity contribution in [3.63, 3.8) is 0 Å². The number of aromatic nitrogens is 2. The Morgan fingerprint density at radius 3 is 3.13 bits per heavy atom. The van der Waals surface area contributed by atoms with Crippen LogP contribution in [0.1, 0.15) is 30.3 Å². The summed E-state index contributed by atoms with van der Waals surface area (Å²) in [4.78, 5) is 11.7. The van der Waals surface area contributed by atoms with Crippen molar-refractivity contribution < 1.29 is 4.79 Å². The molecule has 1 unspecified atom stereocenters. The molecule has 2 rings (SSSR count). The van der Waals surface area contributed by atoms with Crippen molar-refractivity contribution in [2.75, 3.05) is 0 Å². The lowest BCUT2D eigenvalue weighted by atomic mass is 10.3. The molecular weight excluding hydrogens is 210 g/mol. The highest BCUT2D eigenvalue weighted by Gasteiger charge is 2.24. The van der Waals surface area contributed by atoms with E-state index in [1.807, 2.05) is 6.92 Å². The van der Waals surface area contributed by atoms with Crippen LogP contribution in [0.2, 0.25) is 0 Å². The van der Waals surface area contributed by atoms with Crippen LogP contribution in [0.15, 0.2) is 12.3 Å². The second-order valence-corrected chi connectivity index (χ2v) is 4.77. The number of thiol groups is 1. The van der Waals surface area contributed by atoms with Gasteiger partial charge in [0.15, 0.2) is 0 Å². The van der Waals surface area contributed by atoms with Crippen molar-refractivity contribution in [1.82, 2.24) is 15.1 Å². The quantitative estimate of drug-likeness (QED) is 0.599. The first-order valence-corrected chi connectivity index (χ1v) is 5.69. The number of hydrogen-bond acceptors (Lipinski definition) is 3. The lowest BCUT2D eigenvalue weighted by Crippen LogP contribution is -2.30. The Labute approximate surface area is 94.5 Å². The first kappa shape index (κ1) is 10.5. The van der Waals surface area contributed by atoms with E-state index in [0.29, 0.717) is 11.6 Å².